The summed E-state index contributed by atoms with van der Waals surface area (Å²) < 4.78 is 80.1. The highest BCUT2D eigenvalue weighted by Crippen LogP contribution is 2.66. The van der Waals surface area contributed by atoms with Gasteiger partial charge in [-0.25, -0.2) is 28.1 Å². The van der Waals surface area contributed by atoms with Crippen LogP contribution in [0.25, 0.3) is 0 Å². The van der Waals surface area contributed by atoms with Gasteiger partial charge in [0.15, 0.2) is 19.8 Å². The molecule has 632 valence electrons. The Balaban J connectivity index is 0.00000148. The zero-order valence-electron chi connectivity index (χ0n) is 59.9. The highest BCUT2D eigenvalue weighted by Gasteiger charge is 2.43. The summed E-state index contributed by atoms with van der Waals surface area (Å²) in [6.07, 6.45) is 0.499. The van der Waals surface area contributed by atoms with Crippen LogP contribution in [0.3, 0.4) is 0 Å². The van der Waals surface area contributed by atoms with Crippen molar-refractivity contribution < 1.29 is 154 Å². The maximum atomic E-state index is 12.3. The van der Waals surface area contributed by atoms with E-state index in [2.05, 4.69) is 83.7 Å². The zero-order chi connectivity index (χ0) is 85.2. The van der Waals surface area contributed by atoms with Crippen LogP contribution < -0.4 is 61.3 Å². The summed E-state index contributed by atoms with van der Waals surface area (Å²) in [5.74, 6) is 8.06. The van der Waals surface area contributed by atoms with E-state index in [1.165, 1.54) is 44.7 Å². The summed E-state index contributed by atoms with van der Waals surface area (Å²) in [7, 11) is -16.8. The van der Waals surface area contributed by atoms with E-state index in [4.69, 9.17) is 83.3 Å². The molecule has 53 heteroatoms. The Morgan fingerprint density at radius 3 is 1.20 bits per heavy atom. The Kier molecular flexibility index (Phi) is 48.6. The molecule has 0 bridgehead atoms. The van der Waals surface area contributed by atoms with Crippen LogP contribution in [0.2, 0.25) is 0 Å². The Morgan fingerprint density at radius 2 is 0.885 bits per heavy atom. The van der Waals surface area contributed by atoms with Crippen molar-refractivity contribution in [1.29, 1.82) is 0 Å². The third kappa shape index (κ3) is 44.1. The molecular formula is C60H90IN14O35P3. The van der Waals surface area contributed by atoms with Crippen molar-refractivity contribution in [2.24, 2.45) is 5.73 Å². The minimum Gasteiger partial charge on any atom is -0.481 e. The first-order valence-electron chi connectivity index (χ1n) is 32.1. The number of nitrogens with two attached hydrogens (primary N) is 4. The van der Waals surface area contributed by atoms with Crippen LogP contribution in [0, 0.1) is 39.6 Å². The molecular weight excluding hydrogens is 1700 g/mol. The Hall–Kier alpha value is -9.27. The van der Waals surface area contributed by atoms with Gasteiger partial charge in [-0.15, -0.1) is 6.42 Å². The molecule has 49 nitrogen and oxygen atoms in total. The van der Waals surface area contributed by atoms with Crippen molar-refractivity contribution in [3.05, 3.63) is 64.7 Å². The number of phosphoric acid groups is 3. The molecule has 3 aromatic heterocycles. The van der Waals surface area contributed by atoms with E-state index in [0.717, 1.165) is 15.3 Å². The number of carboxylic acids is 2. The minimum atomic E-state index is -5.74. The van der Waals surface area contributed by atoms with Crippen molar-refractivity contribution in [2.45, 2.75) is 142 Å². The van der Waals surface area contributed by atoms with E-state index in [1.807, 2.05) is 22.6 Å². The molecule has 3 fully saturated rings. The van der Waals surface area contributed by atoms with Crippen molar-refractivity contribution >= 4 is 117 Å². The number of aliphatic carboxylic acids is 2. The number of hydrogen-bond donors (Lipinski definition) is 19. The molecule has 11 atom stereocenters. The summed E-state index contributed by atoms with van der Waals surface area (Å²) in [5.41, 5.74) is 19.9. The van der Waals surface area contributed by atoms with Crippen molar-refractivity contribution in [1.82, 2.24) is 49.9 Å². The van der Waals surface area contributed by atoms with Crippen molar-refractivity contribution in [2.75, 3.05) is 89.6 Å². The number of nitrogen functional groups attached to an aromatic ring is 3. The molecule has 3 aliphatic rings. The average molecular weight is 1790 g/mol. The van der Waals surface area contributed by atoms with E-state index < -0.39 is 132 Å². The first-order chi connectivity index (χ1) is 52.3. The fraction of sp³-hybridized carbons (Fsp3) is 0.550. The van der Waals surface area contributed by atoms with Gasteiger partial charge in [0.2, 0.25) is 23.6 Å². The second kappa shape index (κ2) is 52.9. The van der Waals surface area contributed by atoms with Crippen LogP contribution >= 0.6 is 46.1 Å². The predicted molar refractivity (Wildman–Crippen MR) is 393 cm³/mol. The van der Waals surface area contributed by atoms with Gasteiger partial charge in [-0.05, 0) is 22.6 Å². The Morgan fingerprint density at radius 1 is 0.549 bits per heavy atom. The largest absolute Gasteiger partial charge is 0.490 e. The molecule has 6 rings (SSSR count). The number of rotatable bonds is 29. The summed E-state index contributed by atoms with van der Waals surface area (Å²) in [6, 6.07) is 0. The van der Waals surface area contributed by atoms with Crippen LogP contribution in [0.4, 0.5) is 17.5 Å². The molecule has 11 unspecified atom stereocenters. The number of esters is 3. The van der Waals surface area contributed by atoms with E-state index in [-0.39, 0.29) is 170 Å². The van der Waals surface area contributed by atoms with Crippen molar-refractivity contribution in [3.8, 4) is 36.0 Å². The lowest BCUT2D eigenvalue weighted by atomic mass is 10.2. The molecule has 0 aromatic carbocycles. The number of phosphoric ester groups is 1. The number of carbonyl (C=O) groups excluding carboxylic acids is 7. The average Bonchev–Trinajstić information content (AvgIpc) is 1.71. The number of ether oxygens (including phenoxy) is 6. The molecule has 6 heterocycles. The minimum absolute atomic E-state index is 0. The number of carbonyl (C=O) groups is 9. The molecule has 3 aromatic rings. The maximum absolute atomic E-state index is 12.3. The number of carboxylic acid groups (broad SMARTS) is 2. The quantitative estimate of drug-likeness (QED) is 0.0101. The first kappa shape index (κ1) is 104. The molecule has 0 saturated carbocycles. The van der Waals surface area contributed by atoms with Gasteiger partial charge in [-0.2, -0.15) is 23.6 Å². The molecule has 3 aliphatic heterocycles. The van der Waals surface area contributed by atoms with Gasteiger partial charge < -0.3 is 128 Å². The van der Waals surface area contributed by atoms with Crippen LogP contribution in [0.5, 0.6) is 0 Å². The fourth-order valence-corrected chi connectivity index (χ4v) is 11.6. The maximum Gasteiger partial charge on any atom is 0.490 e. The SMILES string of the molecule is C.C#CCOC(=O)CCNC(C)=O.CC(=O)NCCC(=O)O.CC(=O)NCCC(=O)OCC#Cc1cn(C2CC(O)C(CO)O2)c(=O)nc1N.CC(=O)NCCC(=O)OCC#Cc1cn(C2CC(O)C(COP(=O)(O)OP(=O)(O)OP(=O)(O)O)O2)c(=O)nc1N.NCCC(=O)O.Nc1nc(=O)n(C2CC(O)C(CO)O2)cc1I. The molecule has 0 aliphatic carbocycles. The van der Waals surface area contributed by atoms with Gasteiger partial charge in [-0.1, -0.05) is 37.0 Å². The van der Waals surface area contributed by atoms with Crippen LogP contribution in [-0.4, -0.2) is 246 Å². The number of nitrogens with one attached hydrogen (secondary N) is 4. The number of nitrogens with zero attached hydrogens (tertiary/aromatic N) is 6. The molecule has 0 spiro atoms. The van der Waals surface area contributed by atoms with Gasteiger partial charge in [0.05, 0.1) is 84.9 Å². The van der Waals surface area contributed by atoms with Crippen LogP contribution in [-0.2, 0) is 98.4 Å². The molecule has 0 radical (unpaired) electrons. The summed E-state index contributed by atoms with van der Waals surface area (Å²) in [5, 5.41) is 73.3. The second-order valence-corrected chi connectivity index (χ2v) is 27.8. The highest BCUT2D eigenvalue weighted by atomic mass is 127. The standard InChI is InChI=1S/C17H25N4O16P3.C17H22N4O7.C9H12IN3O4.C8H11NO3.C5H9NO3.C3H7NO2.CH4/c1-10(22)19-5-4-15(24)33-6-2-3-11-8-21(17(25)20-16(11)18)14-7-12(23)13(35-14)9-34-39(29,30)37-40(31,32)36-38(26,27)28;1-10(23)19-5-4-15(25)27-6-2-3-11-8-21(17(26)20-16(11)18)14-7-12(24)13(9-22)28-14;10-4-2-13(9(16)12-8(4)11)7-1-5(15)6(3-14)17-7;1-3-6-12-8(11)4-5-9-7(2)10;1-4(7)6-3-2-5(8)9;4-2-1-3(5)6;/h8,12-14,23H,4-7,9H2,1H3,(H,19,22)(H,29,30)(H,31,32)(H2,18,20,25)(H2,26,27,28);8,12-14,22,24H,4-7,9H2,1H3,(H,19,23)(H2,18,20,26);2,5-7,14-15H,1,3H2,(H2,11,12,16);1H,4-6H2,2H3,(H,9,10);2-3H2,1H3,(H,6,7)(H,8,9);1-2,4H2,(H,5,6);1H4. The third-order valence-electron chi connectivity index (χ3n) is 13.2. The Bertz CT molecular complexity index is 4200. The van der Waals surface area contributed by atoms with Gasteiger partial charge in [0, 0.05) is 98.3 Å². The molecule has 3 saturated heterocycles. The second-order valence-electron chi connectivity index (χ2n) is 22.2. The normalized spacial score (nSPS) is 19.2. The highest BCUT2D eigenvalue weighted by molar-refractivity contribution is 14.1. The lowest BCUT2D eigenvalue weighted by Crippen LogP contribution is -2.29. The number of terminal acetylenes is 1. The lowest BCUT2D eigenvalue weighted by Gasteiger charge is -2.19. The number of aliphatic hydroxyl groups excluding tert-OH is 5. The number of anilines is 3. The number of aromatic nitrogens is 6. The van der Waals surface area contributed by atoms with Gasteiger partial charge in [-0.3, -0.25) is 61.4 Å². The number of halogens is 1. The monoisotopic (exact) mass is 1790 g/mol. The van der Waals surface area contributed by atoms with E-state index >= 15 is 0 Å². The fourth-order valence-electron chi connectivity index (χ4n) is 8.16. The van der Waals surface area contributed by atoms with Crippen LogP contribution in [0.15, 0.2) is 33.0 Å². The summed E-state index contributed by atoms with van der Waals surface area (Å²) in [6.45, 7) is 4.17. The van der Waals surface area contributed by atoms with Crippen molar-refractivity contribution in [3.63, 3.8) is 0 Å². The molecule has 4 amide bonds. The Labute approximate surface area is 655 Å². The third-order valence-corrected chi connectivity index (χ3v) is 17.8. The lowest BCUT2D eigenvalue weighted by molar-refractivity contribution is -0.143. The zero-order valence-corrected chi connectivity index (χ0v) is 64.7. The van der Waals surface area contributed by atoms with E-state index in [0.29, 0.717) is 10.1 Å². The smallest absolute Gasteiger partial charge is 0.481 e. The number of aliphatic hydroxyl groups is 5. The van der Waals surface area contributed by atoms with E-state index in [1.54, 1.807) is 0 Å². The summed E-state index contributed by atoms with van der Waals surface area (Å²) >= 11 is 1.96. The van der Waals surface area contributed by atoms with Gasteiger partial charge in [0.1, 0.15) is 54.4 Å². The molecule has 113 heavy (non-hydrogen) atoms. The predicted octanol–water partition coefficient (Wildman–Crippen LogP) is -5.46. The van der Waals surface area contributed by atoms with Crippen LogP contribution in [0.1, 0.15) is 116 Å². The topological polar surface area (TPSA) is 767 Å². The molecule has 23 N–H and O–H groups in total. The summed E-state index contributed by atoms with van der Waals surface area (Å²) in [4.78, 5) is 178. The first-order valence-corrected chi connectivity index (χ1v) is 37.7. The van der Waals surface area contributed by atoms with Gasteiger partial charge >= 0.3 is 70.4 Å². The van der Waals surface area contributed by atoms with E-state index in [9.17, 15) is 96.3 Å². The van der Waals surface area contributed by atoms with Gasteiger partial charge in [0.25, 0.3) is 0 Å². The number of amides is 4. The number of hydrogen-bond acceptors (Lipinski definition) is 36.